The fourth-order valence-electron chi connectivity index (χ4n) is 3.17. The highest BCUT2D eigenvalue weighted by atomic mass is 16.5. The monoisotopic (exact) mass is 260 g/mol. The van der Waals surface area contributed by atoms with Gasteiger partial charge in [0.15, 0.2) is 0 Å². The smallest absolute Gasteiger partial charge is 0.119 e. The molecule has 1 aliphatic heterocycles. The normalized spacial score (nSPS) is 31.3. The van der Waals surface area contributed by atoms with E-state index in [4.69, 9.17) is 4.74 Å². The van der Waals surface area contributed by atoms with E-state index in [0.717, 1.165) is 24.8 Å². The molecular formula is C16H24N2O. The Labute approximate surface area is 115 Å². The summed E-state index contributed by atoms with van der Waals surface area (Å²) in [6.45, 7) is 6.85. The van der Waals surface area contributed by atoms with Crippen molar-refractivity contribution < 1.29 is 4.74 Å². The molecule has 2 unspecified atom stereocenters. The van der Waals surface area contributed by atoms with Crippen molar-refractivity contribution in [1.29, 1.82) is 0 Å². The number of nitrogens with zero attached hydrogens (tertiary/aromatic N) is 1. The molecule has 2 fully saturated rings. The molecule has 1 saturated carbocycles. The standard InChI is InChI=1S/C16H24N2O/c1-12-10-17-16(2,13-4-5-13)11-18(12)14-6-8-15(19-3)9-7-14/h6-9,12-13,17H,4-5,10-11H2,1-3H3. The van der Waals surface area contributed by atoms with E-state index in [9.17, 15) is 0 Å². The summed E-state index contributed by atoms with van der Waals surface area (Å²) in [5.41, 5.74) is 1.59. The van der Waals surface area contributed by atoms with Gasteiger partial charge in [0.25, 0.3) is 0 Å². The van der Waals surface area contributed by atoms with Crippen LogP contribution >= 0.6 is 0 Å². The maximum absolute atomic E-state index is 5.24. The second-order valence-electron chi connectivity index (χ2n) is 6.25. The van der Waals surface area contributed by atoms with Crippen LogP contribution in [-0.4, -0.2) is 31.8 Å². The first-order valence-electron chi connectivity index (χ1n) is 7.28. The average Bonchev–Trinajstić information content (AvgIpc) is 3.27. The zero-order valence-electron chi connectivity index (χ0n) is 12.1. The molecular weight excluding hydrogens is 236 g/mol. The van der Waals surface area contributed by atoms with Gasteiger partial charge in [-0.05, 0) is 56.9 Å². The second kappa shape index (κ2) is 4.71. The van der Waals surface area contributed by atoms with Gasteiger partial charge >= 0.3 is 0 Å². The quantitative estimate of drug-likeness (QED) is 0.904. The van der Waals surface area contributed by atoms with Crippen LogP contribution in [0.3, 0.4) is 0 Å². The number of methoxy groups -OCH3 is 1. The average molecular weight is 260 g/mol. The van der Waals surface area contributed by atoms with Crippen molar-refractivity contribution >= 4 is 5.69 Å². The van der Waals surface area contributed by atoms with Crippen molar-refractivity contribution in [2.24, 2.45) is 5.92 Å². The molecule has 1 aromatic rings. The summed E-state index contributed by atoms with van der Waals surface area (Å²) in [6.07, 6.45) is 2.77. The Bertz CT molecular complexity index is 441. The third-order valence-corrected chi connectivity index (χ3v) is 4.71. The zero-order valence-corrected chi connectivity index (χ0v) is 12.1. The van der Waals surface area contributed by atoms with Gasteiger partial charge in [0.1, 0.15) is 5.75 Å². The molecule has 3 heteroatoms. The molecule has 1 aliphatic carbocycles. The Morgan fingerprint density at radius 2 is 1.95 bits per heavy atom. The Morgan fingerprint density at radius 3 is 2.53 bits per heavy atom. The molecule has 19 heavy (non-hydrogen) atoms. The number of anilines is 1. The Balaban J connectivity index is 1.80. The zero-order chi connectivity index (χ0) is 13.5. The molecule has 2 aliphatic rings. The molecule has 0 radical (unpaired) electrons. The van der Waals surface area contributed by atoms with Gasteiger partial charge in [0, 0.05) is 30.4 Å². The minimum Gasteiger partial charge on any atom is -0.497 e. The summed E-state index contributed by atoms with van der Waals surface area (Å²) >= 11 is 0. The lowest BCUT2D eigenvalue weighted by Gasteiger charge is -2.47. The van der Waals surface area contributed by atoms with E-state index in [1.807, 2.05) is 0 Å². The van der Waals surface area contributed by atoms with Crippen LogP contribution < -0.4 is 15.0 Å². The molecule has 1 aromatic carbocycles. The van der Waals surface area contributed by atoms with Gasteiger partial charge in [-0.15, -0.1) is 0 Å². The topological polar surface area (TPSA) is 24.5 Å². The summed E-state index contributed by atoms with van der Waals surface area (Å²) < 4.78 is 5.24. The molecule has 0 aromatic heterocycles. The number of nitrogens with one attached hydrogen (secondary N) is 1. The Kier molecular flexibility index (Phi) is 3.17. The molecule has 0 bridgehead atoms. The van der Waals surface area contributed by atoms with E-state index in [1.165, 1.54) is 18.5 Å². The highest BCUT2D eigenvalue weighted by molar-refractivity contribution is 5.51. The Morgan fingerprint density at radius 1 is 1.26 bits per heavy atom. The number of hydrogen-bond acceptors (Lipinski definition) is 3. The third-order valence-electron chi connectivity index (χ3n) is 4.71. The van der Waals surface area contributed by atoms with Gasteiger partial charge in [0.2, 0.25) is 0 Å². The van der Waals surface area contributed by atoms with Gasteiger partial charge in [-0.3, -0.25) is 0 Å². The van der Waals surface area contributed by atoms with Gasteiger partial charge in [0.05, 0.1) is 7.11 Å². The minimum absolute atomic E-state index is 0.284. The molecule has 2 atom stereocenters. The lowest BCUT2D eigenvalue weighted by molar-refractivity contribution is 0.261. The molecule has 104 valence electrons. The summed E-state index contributed by atoms with van der Waals surface area (Å²) in [6, 6.07) is 9.00. The number of hydrogen-bond donors (Lipinski definition) is 1. The van der Waals surface area contributed by atoms with Crippen molar-refractivity contribution in [2.75, 3.05) is 25.1 Å². The fourth-order valence-corrected chi connectivity index (χ4v) is 3.17. The summed E-state index contributed by atoms with van der Waals surface area (Å²) in [4.78, 5) is 2.54. The first-order chi connectivity index (χ1) is 9.12. The third kappa shape index (κ3) is 2.44. The lowest BCUT2D eigenvalue weighted by Crippen LogP contribution is -2.63. The number of ether oxygens (including phenoxy) is 1. The van der Waals surface area contributed by atoms with E-state index in [-0.39, 0.29) is 5.54 Å². The minimum atomic E-state index is 0.284. The molecule has 0 amide bonds. The maximum atomic E-state index is 5.24. The highest BCUT2D eigenvalue weighted by Gasteiger charge is 2.45. The van der Waals surface area contributed by atoms with Gasteiger partial charge in [-0.25, -0.2) is 0 Å². The highest BCUT2D eigenvalue weighted by Crippen LogP contribution is 2.42. The van der Waals surface area contributed by atoms with Crippen LogP contribution in [0.2, 0.25) is 0 Å². The first-order valence-corrected chi connectivity index (χ1v) is 7.28. The van der Waals surface area contributed by atoms with Crippen LogP contribution in [0, 0.1) is 5.92 Å². The summed E-state index contributed by atoms with van der Waals surface area (Å²) in [7, 11) is 1.71. The molecule has 0 spiro atoms. The van der Waals surface area contributed by atoms with E-state index in [0.29, 0.717) is 6.04 Å². The van der Waals surface area contributed by atoms with E-state index in [1.54, 1.807) is 7.11 Å². The van der Waals surface area contributed by atoms with Crippen LogP contribution in [0.15, 0.2) is 24.3 Å². The van der Waals surface area contributed by atoms with Crippen LogP contribution in [-0.2, 0) is 0 Å². The van der Waals surface area contributed by atoms with E-state index >= 15 is 0 Å². The van der Waals surface area contributed by atoms with Crippen LogP contribution in [0.4, 0.5) is 5.69 Å². The fraction of sp³-hybridized carbons (Fsp3) is 0.625. The predicted octanol–water partition coefficient (Wildman–Crippen LogP) is 2.66. The van der Waals surface area contributed by atoms with E-state index in [2.05, 4.69) is 48.3 Å². The van der Waals surface area contributed by atoms with E-state index < -0.39 is 0 Å². The summed E-state index contributed by atoms with van der Waals surface area (Å²) in [5, 5.41) is 3.76. The Hall–Kier alpha value is -1.22. The van der Waals surface area contributed by atoms with Crippen molar-refractivity contribution in [3.05, 3.63) is 24.3 Å². The van der Waals surface area contributed by atoms with Gasteiger partial charge in [-0.1, -0.05) is 0 Å². The first kappa shape index (κ1) is 12.8. The van der Waals surface area contributed by atoms with Crippen molar-refractivity contribution in [3.8, 4) is 5.75 Å². The molecule has 1 saturated heterocycles. The lowest BCUT2D eigenvalue weighted by atomic mass is 9.91. The van der Waals surface area contributed by atoms with Crippen LogP contribution in [0.25, 0.3) is 0 Å². The van der Waals surface area contributed by atoms with Crippen LogP contribution in [0.1, 0.15) is 26.7 Å². The second-order valence-corrected chi connectivity index (χ2v) is 6.25. The summed E-state index contributed by atoms with van der Waals surface area (Å²) in [5.74, 6) is 1.79. The van der Waals surface area contributed by atoms with Crippen molar-refractivity contribution in [1.82, 2.24) is 5.32 Å². The van der Waals surface area contributed by atoms with Crippen molar-refractivity contribution in [2.45, 2.75) is 38.3 Å². The van der Waals surface area contributed by atoms with Gasteiger partial charge in [-0.2, -0.15) is 0 Å². The predicted molar refractivity (Wildman–Crippen MR) is 78.9 cm³/mol. The van der Waals surface area contributed by atoms with Crippen LogP contribution in [0.5, 0.6) is 5.75 Å². The number of benzene rings is 1. The molecule has 3 nitrogen and oxygen atoms in total. The largest absolute Gasteiger partial charge is 0.497 e. The molecule has 3 rings (SSSR count). The number of piperazine rings is 1. The SMILES string of the molecule is COc1ccc(N2CC(C)(C3CC3)NCC2C)cc1. The molecule has 1 N–H and O–H groups in total. The molecule has 1 heterocycles. The maximum Gasteiger partial charge on any atom is 0.119 e. The van der Waals surface area contributed by atoms with Crippen molar-refractivity contribution in [3.63, 3.8) is 0 Å². The number of rotatable bonds is 3. The van der Waals surface area contributed by atoms with Gasteiger partial charge < -0.3 is 15.0 Å².